The van der Waals surface area contributed by atoms with Crippen LogP contribution in [0.25, 0.3) is 11.2 Å². The molecule has 0 spiro atoms. The van der Waals surface area contributed by atoms with E-state index < -0.39 is 14.1 Å². The van der Waals surface area contributed by atoms with Crippen LogP contribution < -0.4 is 5.32 Å². The van der Waals surface area contributed by atoms with Gasteiger partial charge in [0.15, 0.2) is 5.65 Å². The smallest absolute Gasteiger partial charge is 0.255 e. The Balaban J connectivity index is 1.49. The molecule has 35 heavy (non-hydrogen) atoms. The van der Waals surface area contributed by atoms with E-state index in [1.807, 2.05) is 4.57 Å². The van der Waals surface area contributed by atoms with E-state index in [1.54, 1.807) is 17.3 Å². The lowest BCUT2D eigenvalue weighted by atomic mass is 9.97. The molecule has 0 unspecified atom stereocenters. The Morgan fingerprint density at radius 2 is 2.00 bits per heavy atom. The minimum absolute atomic E-state index is 0.00755. The molecule has 1 saturated heterocycles. The normalized spacial score (nSPS) is 17.9. The summed E-state index contributed by atoms with van der Waals surface area (Å²) in [6.07, 6.45) is 6.63. The van der Waals surface area contributed by atoms with Gasteiger partial charge in [0, 0.05) is 39.9 Å². The molecule has 1 atom stereocenters. The van der Waals surface area contributed by atoms with Crippen LogP contribution >= 0.6 is 22.6 Å². The molecule has 0 bridgehead atoms. The molecule has 1 saturated carbocycles. The molecule has 0 aromatic carbocycles. The average molecular weight is 609 g/mol. The third-order valence-corrected chi connectivity index (χ3v) is 8.87. The van der Waals surface area contributed by atoms with Gasteiger partial charge in [-0.15, -0.1) is 0 Å². The fourth-order valence-electron chi connectivity index (χ4n) is 4.29. The van der Waals surface area contributed by atoms with E-state index in [4.69, 9.17) is 10.00 Å². The molecule has 9 nitrogen and oxygen atoms in total. The highest BCUT2D eigenvalue weighted by Crippen LogP contribution is 2.34. The Morgan fingerprint density at radius 3 is 2.63 bits per heavy atom. The molecule has 2 aromatic heterocycles. The highest BCUT2D eigenvalue weighted by molar-refractivity contribution is 14.1. The van der Waals surface area contributed by atoms with E-state index in [0.717, 1.165) is 18.9 Å². The molecule has 188 valence electrons. The van der Waals surface area contributed by atoms with Crippen LogP contribution in [0.2, 0.25) is 25.7 Å². The number of fused-ring (bicyclic) bond motifs is 1. The summed E-state index contributed by atoms with van der Waals surface area (Å²) in [6.45, 7) is 9.00. The summed E-state index contributed by atoms with van der Waals surface area (Å²) in [4.78, 5) is 37.6. The van der Waals surface area contributed by atoms with Gasteiger partial charge >= 0.3 is 0 Å². The number of nitrogens with zero attached hydrogens (tertiary/aromatic N) is 5. The van der Waals surface area contributed by atoms with Crippen molar-refractivity contribution in [1.82, 2.24) is 24.8 Å². The fourth-order valence-corrected chi connectivity index (χ4v) is 5.43. The molecule has 2 aliphatic rings. The number of ether oxygens (including phenoxy) is 1. The van der Waals surface area contributed by atoms with Crippen molar-refractivity contribution in [3.05, 3.63) is 21.7 Å². The molecule has 2 amide bonds. The van der Waals surface area contributed by atoms with E-state index in [0.29, 0.717) is 59.7 Å². The van der Waals surface area contributed by atoms with Crippen LogP contribution in [0.5, 0.6) is 0 Å². The van der Waals surface area contributed by atoms with Crippen LogP contribution in [0.15, 0.2) is 12.4 Å². The molecule has 11 heteroatoms. The summed E-state index contributed by atoms with van der Waals surface area (Å²) in [5.41, 5.74) is 1.51. The minimum atomic E-state index is -1.20. The first-order valence-electron chi connectivity index (χ1n) is 12.2. The summed E-state index contributed by atoms with van der Waals surface area (Å²) in [6, 6.07) is 2.80. The maximum Gasteiger partial charge on any atom is 0.255 e. The number of amides is 2. The number of rotatable bonds is 9. The molecule has 1 N–H and O–H groups in total. The fraction of sp³-hybridized carbons (Fsp3) is 0.625. The van der Waals surface area contributed by atoms with E-state index in [1.165, 1.54) is 0 Å². The van der Waals surface area contributed by atoms with Crippen LogP contribution in [0, 0.1) is 26.9 Å². The minimum Gasteiger partial charge on any atom is -0.361 e. The SMILES string of the molecule is C[Si](C)(C)CCOCn1cc(C(=O)N[C@@H](C(=O)N2CCC(C#N)CC2)C2CC2)c2nc(I)cnc21. The lowest BCUT2D eigenvalue weighted by Gasteiger charge is -2.32. The Bertz CT molecular complexity index is 1130. The first kappa shape index (κ1) is 26.0. The van der Waals surface area contributed by atoms with Crippen molar-refractivity contribution >= 4 is 53.6 Å². The lowest BCUT2D eigenvalue weighted by Crippen LogP contribution is -2.51. The Hall–Kier alpha value is -2.04. The number of hydrogen-bond acceptors (Lipinski definition) is 6. The van der Waals surface area contributed by atoms with Gasteiger partial charge in [0.2, 0.25) is 5.91 Å². The number of carbonyl (C=O) groups is 2. The van der Waals surface area contributed by atoms with Gasteiger partial charge in [0.1, 0.15) is 22.0 Å². The molecule has 2 aromatic rings. The molecule has 1 aliphatic heterocycles. The van der Waals surface area contributed by atoms with Crippen molar-refractivity contribution in [3.63, 3.8) is 0 Å². The highest BCUT2D eigenvalue weighted by atomic mass is 127. The summed E-state index contributed by atoms with van der Waals surface area (Å²) in [5.74, 6) is -0.196. The predicted molar refractivity (Wildman–Crippen MR) is 143 cm³/mol. The van der Waals surface area contributed by atoms with Crippen molar-refractivity contribution in [1.29, 1.82) is 5.26 Å². The van der Waals surface area contributed by atoms with Crippen LogP contribution in [0.1, 0.15) is 36.0 Å². The standard InChI is InChI=1S/C24H33IN6O3Si/c1-35(2,3)11-10-34-15-31-14-18(21-22(31)27-13-19(25)28-21)23(32)29-20(17-4-5-17)24(33)30-8-6-16(12-26)7-9-30/h13-14,16-17,20H,4-11,15H2,1-3H3,(H,29,32)/t20-/m1/s1. The number of nitrogens with one attached hydrogen (secondary N) is 1. The number of hydrogen-bond donors (Lipinski definition) is 1. The van der Waals surface area contributed by atoms with Gasteiger partial charge in [-0.2, -0.15) is 5.26 Å². The van der Waals surface area contributed by atoms with Crippen LogP contribution in [0.3, 0.4) is 0 Å². The van der Waals surface area contributed by atoms with Crippen molar-refractivity contribution < 1.29 is 14.3 Å². The van der Waals surface area contributed by atoms with Crippen LogP contribution in [0.4, 0.5) is 0 Å². The maximum absolute atomic E-state index is 13.4. The third kappa shape index (κ3) is 6.59. The van der Waals surface area contributed by atoms with Crippen molar-refractivity contribution in [3.8, 4) is 6.07 Å². The van der Waals surface area contributed by atoms with E-state index in [2.05, 4.69) is 63.6 Å². The van der Waals surface area contributed by atoms with Gasteiger partial charge in [0.05, 0.1) is 17.8 Å². The van der Waals surface area contributed by atoms with E-state index >= 15 is 0 Å². The third-order valence-electron chi connectivity index (χ3n) is 6.64. The molecule has 2 fully saturated rings. The van der Waals surface area contributed by atoms with E-state index in [9.17, 15) is 9.59 Å². The second-order valence-corrected chi connectivity index (χ2v) is 17.5. The second-order valence-electron chi connectivity index (χ2n) is 10.7. The predicted octanol–water partition coefficient (Wildman–Crippen LogP) is 3.62. The molecular formula is C24H33IN6O3Si. The van der Waals surface area contributed by atoms with E-state index in [-0.39, 0.29) is 23.7 Å². The topological polar surface area (TPSA) is 113 Å². The van der Waals surface area contributed by atoms with Crippen LogP contribution in [-0.2, 0) is 16.3 Å². The largest absolute Gasteiger partial charge is 0.361 e. The Morgan fingerprint density at radius 1 is 1.29 bits per heavy atom. The average Bonchev–Trinajstić information content (AvgIpc) is 3.60. The van der Waals surface area contributed by atoms with Gasteiger partial charge < -0.3 is 19.5 Å². The first-order valence-corrected chi connectivity index (χ1v) is 17.0. The number of nitriles is 1. The summed E-state index contributed by atoms with van der Waals surface area (Å²) >= 11 is 2.09. The molecule has 4 rings (SSSR count). The zero-order chi connectivity index (χ0) is 25.2. The number of carbonyl (C=O) groups excluding carboxylic acids is 2. The van der Waals surface area contributed by atoms with Crippen molar-refractivity contribution in [2.75, 3.05) is 19.7 Å². The number of halogens is 1. The quantitative estimate of drug-likeness (QED) is 0.265. The summed E-state index contributed by atoms with van der Waals surface area (Å²) in [7, 11) is -1.20. The zero-order valence-corrected chi connectivity index (χ0v) is 23.7. The maximum atomic E-state index is 13.4. The van der Waals surface area contributed by atoms with Crippen molar-refractivity contribution in [2.24, 2.45) is 11.8 Å². The number of likely N-dealkylation sites (tertiary alicyclic amines) is 1. The monoisotopic (exact) mass is 608 g/mol. The van der Waals surface area contributed by atoms with Crippen LogP contribution in [-0.4, -0.2) is 65.1 Å². The highest BCUT2D eigenvalue weighted by Gasteiger charge is 2.40. The van der Waals surface area contributed by atoms with Gasteiger partial charge in [-0.25, -0.2) is 9.97 Å². The summed E-state index contributed by atoms with van der Waals surface area (Å²) < 4.78 is 8.41. The first-order chi connectivity index (χ1) is 16.7. The number of piperidine rings is 1. The Kier molecular flexibility index (Phi) is 8.12. The molecular weight excluding hydrogens is 575 g/mol. The van der Waals surface area contributed by atoms with Gasteiger partial charge in [-0.3, -0.25) is 9.59 Å². The number of aromatic nitrogens is 3. The summed E-state index contributed by atoms with van der Waals surface area (Å²) in [5, 5.41) is 12.2. The molecule has 3 heterocycles. The lowest BCUT2D eigenvalue weighted by molar-refractivity contribution is -0.135. The second kappa shape index (κ2) is 10.9. The Labute approximate surface area is 220 Å². The van der Waals surface area contributed by atoms with Crippen molar-refractivity contribution in [2.45, 2.75) is 64.1 Å². The molecule has 0 radical (unpaired) electrons. The molecule has 1 aliphatic carbocycles. The van der Waals surface area contributed by atoms with Gasteiger partial charge in [-0.05, 0) is 60.2 Å². The zero-order valence-electron chi connectivity index (χ0n) is 20.6. The van der Waals surface area contributed by atoms with Gasteiger partial charge in [-0.1, -0.05) is 19.6 Å². The van der Waals surface area contributed by atoms with Gasteiger partial charge in [0.25, 0.3) is 5.91 Å².